The molecule has 1 aromatic heterocycles. The monoisotopic (exact) mass is 333 g/mol. The van der Waals surface area contributed by atoms with Crippen LogP contribution in [0.5, 0.6) is 5.75 Å². The molecule has 0 saturated heterocycles. The van der Waals surface area contributed by atoms with Gasteiger partial charge in [-0.05, 0) is 37.3 Å². The summed E-state index contributed by atoms with van der Waals surface area (Å²) in [6.07, 6.45) is 0. The molecule has 4 nitrogen and oxygen atoms in total. The molecular weight excluding hydrogens is 314 g/mol. The van der Waals surface area contributed by atoms with E-state index in [9.17, 15) is 4.79 Å². The molecule has 0 amide bonds. The topological polar surface area (TPSA) is 40.5 Å². The van der Waals surface area contributed by atoms with Gasteiger partial charge in [-0.3, -0.25) is 0 Å². The summed E-state index contributed by atoms with van der Waals surface area (Å²) in [5.74, 6) is 6.63. The highest BCUT2D eigenvalue weighted by atomic mass is 16.5. The van der Waals surface area contributed by atoms with Crippen LogP contribution in [0.1, 0.15) is 28.5 Å². The largest absolute Gasteiger partial charge is 0.497 e. The Morgan fingerprint density at radius 2 is 1.84 bits per heavy atom. The van der Waals surface area contributed by atoms with Crippen LogP contribution in [0.3, 0.4) is 0 Å². The highest BCUT2D eigenvalue weighted by Gasteiger charge is 2.22. The van der Waals surface area contributed by atoms with Crippen LogP contribution in [0.4, 0.5) is 0 Å². The summed E-state index contributed by atoms with van der Waals surface area (Å²) in [4.78, 5) is 12.4. The zero-order valence-corrected chi connectivity index (χ0v) is 14.5. The first kappa shape index (κ1) is 16.7. The molecule has 3 rings (SSSR count). The molecular formula is C21H19NO3. The Hall–Kier alpha value is -3.19. The third kappa shape index (κ3) is 3.09. The van der Waals surface area contributed by atoms with Crippen LogP contribution in [0, 0.1) is 11.8 Å². The Kier molecular flexibility index (Phi) is 4.76. The van der Waals surface area contributed by atoms with Gasteiger partial charge in [0.05, 0.1) is 25.3 Å². The average Bonchev–Trinajstić information content (AvgIpc) is 2.99. The zero-order valence-electron chi connectivity index (χ0n) is 14.5. The number of carbonyl (C=O) groups excluding carboxylic acids is 1. The Morgan fingerprint density at radius 3 is 2.48 bits per heavy atom. The Balaban J connectivity index is 2.30. The number of fused-ring (bicyclic) bond motifs is 1. The Morgan fingerprint density at radius 1 is 1.08 bits per heavy atom. The highest BCUT2D eigenvalue weighted by Crippen LogP contribution is 2.30. The van der Waals surface area contributed by atoms with E-state index in [-0.39, 0.29) is 0 Å². The lowest BCUT2D eigenvalue weighted by molar-refractivity contribution is 0.0589. The number of esters is 1. The molecule has 126 valence electrons. The van der Waals surface area contributed by atoms with Gasteiger partial charge in [-0.25, -0.2) is 4.79 Å². The van der Waals surface area contributed by atoms with E-state index in [1.807, 2.05) is 60.0 Å². The van der Waals surface area contributed by atoms with Gasteiger partial charge in [0.1, 0.15) is 11.4 Å². The van der Waals surface area contributed by atoms with Gasteiger partial charge >= 0.3 is 5.97 Å². The van der Waals surface area contributed by atoms with Gasteiger partial charge in [-0.1, -0.05) is 30.0 Å². The second-order valence-electron chi connectivity index (χ2n) is 5.46. The molecule has 3 aromatic rings. The number of aromatic nitrogens is 1. The van der Waals surface area contributed by atoms with Crippen LogP contribution in [-0.4, -0.2) is 24.8 Å². The number of methoxy groups -OCH3 is 2. The maximum Gasteiger partial charge on any atom is 0.356 e. The minimum Gasteiger partial charge on any atom is -0.497 e. The number of nitrogens with zero attached hydrogens (tertiary/aromatic N) is 1. The SMILES string of the molecule is CCn1c(C(=O)OC)c(C#Cc2ccccc2)c2cc(OC)ccc21. The predicted molar refractivity (Wildman–Crippen MR) is 97.9 cm³/mol. The summed E-state index contributed by atoms with van der Waals surface area (Å²) in [6, 6.07) is 15.4. The average molecular weight is 333 g/mol. The molecule has 0 N–H and O–H groups in total. The molecule has 0 fully saturated rings. The van der Waals surface area contributed by atoms with Crippen molar-refractivity contribution < 1.29 is 14.3 Å². The van der Waals surface area contributed by atoms with E-state index in [1.54, 1.807) is 7.11 Å². The summed E-state index contributed by atoms with van der Waals surface area (Å²) < 4.78 is 12.3. The van der Waals surface area contributed by atoms with Crippen molar-refractivity contribution in [2.75, 3.05) is 14.2 Å². The Bertz CT molecular complexity index is 975. The molecule has 25 heavy (non-hydrogen) atoms. The smallest absolute Gasteiger partial charge is 0.356 e. The fourth-order valence-electron chi connectivity index (χ4n) is 2.88. The normalized spacial score (nSPS) is 10.2. The maximum atomic E-state index is 12.4. The number of hydrogen-bond acceptors (Lipinski definition) is 3. The van der Waals surface area contributed by atoms with Crippen LogP contribution in [0.2, 0.25) is 0 Å². The van der Waals surface area contributed by atoms with Crippen molar-refractivity contribution in [2.45, 2.75) is 13.5 Å². The standard InChI is InChI=1S/C21H19NO3/c1-4-22-19-13-11-16(24-2)14-18(19)17(20(22)21(23)25-3)12-10-15-8-6-5-7-9-15/h5-9,11,13-14H,4H2,1-3H3. The number of hydrogen-bond donors (Lipinski definition) is 0. The number of rotatable bonds is 3. The van der Waals surface area contributed by atoms with Gasteiger partial charge in [0.15, 0.2) is 0 Å². The van der Waals surface area contributed by atoms with Crippen molar-refractivity contribution in [3.63, 3.8) is 0 Å². The Labute approximate surface area is 147 Å². The first-order valence-electron chi connectivity index (χ1n) is 8.05. The van der Waals surface area contributed by atoms with E-state index in [4.69, 9.17) is 9.47 Å². The first-order chi connectivity index (χ1) is 12.2. The van der Waals surface area contributed by atoms with Gasteiger partial charge in [-0.15, -0.1) is 0 Å². The van der Waals surface area contributed by atoms with Crippen LogP contribution >= 0.6 is 0 Å². The van der Waals surface area contributed by atoms with Crippen LogP contribution in [0.15, 0.2) is 48.5 Å². The summed E-state index contributed by atoms with van der Waals surface area (Å²) in [5.41, 5.74) is 2.95. The first-order valence-corrected chi connectivity index (χ1v) is 8.05. The molecule has 0 radical (unpaired) electrons. The lowest BCUT2D eigenvalue weighted by atomic mass is 10.1. The van der Waals surface area contributed by atoms with Gasteiger partial charge in [-0.2, -0.15) is 0 Å². The number of benzene rings is 2. The number of aryl methyl sites for hydroxylation is 1. The molecule has 0 unspecified atom stereocenters. The third-order valence-electron chi connectivity index (χ3n) is 4.07. The van der Waals surface area contributed by atoms with Gasteiger partial charge in [0.25, 0.3) is 0 Å². The minimum absolute atomic E-state index is 0.394. The molecule has 0 aliphatic rings. The summed E-state index contributed by atoms with van der Waals surface area (Å²) >= 11 is 0. The van der Waals surface area contributed by atoms with Gasteiger partial charge in [0.2, 0.25) is 0 Å². The number of ether oxygens (including phenoxy) is 2. The predicted octanol–water partition coefficient (Wildman–Crippen LogP) is 3.86. The summed E-state index contributed by atoms with van der Waals surface area (Å²) in [5, 5.41) is 0.880. The summed E-state index contributed by atoms with van der Waals surface area (Å²) in [7, 11) is 3.00. The van der Waals surface area contributed by atoms with E-state index in [1.165, 1.54) is 7.11 Å². The molecule has 0 saturated carbocycles. The van der Waals surface area contributed by atoms with Crippen molar-refractivity contribution in [1.29, 1.82) is 0 Å². The fraction of sp³-hybridized carbons (Fsp3) is 0.190. The van der Waals surface area contributed by atoms with Crippen LogP contribution < -0.4 is 4.74 Å². The fourth-order valence-corrected chi connectivity index (χ4v) is 2.88. The summed E-state index contributed by atoms with van der Waals surface area (Å²) in [6.45, 7) is 2.63. The third-order valence-corrected chi connectivity index (χ3v) is 4.07. The second kappa shape index (κ2) is 7.14. The number of carbonyl (C=O) groups is 1. The minimum atomic E-state index is -0.394. The van der Waals surface area contributed by atoms with Crippen LogP contribution in [-0.2, 0) is 11.3 Å². The molecule has 0 aliphatic carbocycles. The highest BCUT2D eigenvalue weighted by molar-refractivity contribution is 6.01. The lowest BCUT2D eigenvalue weighted by Crippen LogP contribution is -2.11. The van der Waals surface area contributed by atoms with Crippen molar-refractivity contribution in [1.82, 2.24) is 4.57 Å². The molecule has 0 atom stereocenters. The molecule has 0 bridgehead atoms. The molecule has 0 spiro atoms. The van der Waals surface area contributed by atoms with E-state index >= 15 is 0 Å². The molecule has 2 aromatic carbocycles. The van der Waals surface area contributed by atoms with E-state index in [2.05, 4.69) is 11.8 Å². The van der Waals surface area contributed by atoms with E-state index < -0.39 is 5.97 Å². The van der Waals surface area contributed by atoms with Crippen molar-refractivity contribution in [3.05, 3.63) is 65.4 Å². The lowest BCUT2D eigenvalue weighted by Gasteiger charge is -2.06. The van der Waals surface area contributed by atoms with Crippen molar-refractivity contribution >= 4 is 16.9 Å². The van der Waals surface area contributed by atoms with Crippen molar-refractivity contribution in [2.24, 2.45) is 0 Å². The van der Waals surface area contributed by atoms with Crippen molar-refractivity contribution in [3.8, 4) is 17.6 Å². The van der Waals surface area contributed by atoms with Crippen LogP contribution in [0.25, 0.3) is 10.9 Å². The molecule has 1 heterocycles. The molecule has 4 heteroatoms. The quantitative estimate of drug-likeness (QED) is 0.540. The van der Waals surface area contributed by atoms with Gasteiger partial charge in [0, 0.05) is 17.5 Å². The van der Waals surface area contributed by atoms with Gasteiger partial charge < -0.3 is 14.0 Å². The van der Waals surface area contributed by atoms with E-state index in [0.29, 0.717) is 17.8 Å². The maximum absolute atomic E-state index is 12.4. The van der Waals surface area contributed by atoms with E-state index in [0.717, 1.165) is 22.2 Å². The second-order valence-corrected chi connectivity index (χ2v) is 5.46. The zero-order chi connectivity index (χ0) is 17.8. The molecule has 0 aliphatic heterocycles.